The predicted molar refractivity (Wildman–Crippen MR) is 78.0 cm³/mol. The van der Waals surface area contributed by atoms with Crippen LogP contribution in [-0.4, -0.2) is 55.4 Å². The Labute approximate surface area is 119 Å². The number of anilines is 1. The molecule has 1 aromatic heterocycles. The number of hydrogen-bond donors (Lipinski definition) is 1. The third-order valence-corrected chi connectivity index (χ3v) is 4.91. The zero-order valence-electron chi connectivity index (χ0n) is 11.7. The van der Waals surface area contributed by atoms with Crippen LogP contribution in [0.15, 0.2) is 23.1 Å². The van der Waals surface area contributed by atoms with Gasteiger partial charge in [-0.25, -0.2) is 0 Å². The Kier molecular flexibility index (Phi) is 4.46. The fourth-order valence-electron chi connectivity index (χ4n) is 2.08. The van der Waals surface area contributed by atoms with E-state index < -0.39 is 10.2 Å². The highest BCUT2D eigenvalue weighted by atomic mass is 32.2. The first-order chi connectivity index (χ1) is 9.42. The molecule has 0 spiro atoms. The number of nitrogens with zero attached hydrogens (tertiary/aromatic N) is 3. The topological polar surface area (TPSA) is 74.7 Å². The Hall–Kier alpha value is -1.38. The molecule has 0 bridgehead atoms. The Morgan fingerprint density at radius 2 is 1.85 bits per heavy atom. The van der Waals surface area contributed by atoms with Gasteiger partial charge in [0.25, 0.3) is 5.56 Å². The number of likely N-dealkylation sites (N-methyl/N-ethyl adjacent to an activating group) is 1. The third kappa shape index (κ3) is 3.38. The average Bonchev–Trinajstić information content (AvgIpc) is 2.41. The van der Waals surface area contributed by atoms with Gasteiger partial charge in [-0.2, -0.15) is 12.7 Å². The minimum Gasteiger partial charge on any atom is -0.314 e. The van der Waals surface area contributed by atoms with Crippen LogP contribution in [0.4, 0.5) is 5.69 Å². The predicted octanol–water partition coefficient (Wildman–Crippen LogP) is -0.228. The van der Waals surface area contributed by atoms with Crippen LogP contribution < -0.4 is 10.3 Å². The number of rotatable bonds is 4. The van der Waals surface area contributed by atoms with Crippen molar-refractivity contribution in [1.29, 1.82) is 0 Å². The highest BCUT2D eigenvalue weighted by Gasteiger charge is 2.25. The van der Waals surface area contributed by atoms with E-state index in [1.165, 1.54) is 27.2 Å². The van der Waals surface area contributed by atoms with Gasteiger partial charge in [0.2, 0.25) is 0 Å². The summed E-state index contributed by atoms with van der Waals surface area (Å²) >= 11 is 0. The highest BCUT2D eigenvalue weighted by molar-refractivity contribution is 7.90. The molecule has 0 saturated carbocycles. The van der Waals surface area contributed by atoms with Gasteiger partial charge in [-0.3, -0.25) is 9.52 Å². The largest absolute Gasteiger partial charge is 0.314 e. The Bertz CT molecular complexity index is 618. The molecule has 8 heteroatoms. The van der Waals surface area contributed by atoms with Gasteiger partial charge in [-0.05, 0) is 20.0 Å². The smallest absolute Gasteiger partial charge is 0.301 e. The van der Waals surface area contributed by atoms with Crippen molar-refractivity contribution in [2.45, 2.75) is 13.5 Å². The van der Waals surface area contributed by atoms with E-state index in [2.05, 4.69) is 9.62 Å². The molecule has 0 aliphatic carbocycles. The zero-order chi connectivity index (χ0) is 14.8. The zero-order valence-corrected chi connectivity index (χ0v) is 12.6. The Morgan fingerprint density at radius 1 is 1.20 bits per heavy atom. The van der Waals surface area contributed by atoms with Crippen molar-refractivity contribution in [1.82, 2.24) is 13.8 Å². The van der Waals surface area contributed by atoms with E-state index in [1.54, 1.807) is 0 Å². The maximum absolute atomic E-state index is 12.3. The third-order valence-electron chi connectivity index (χ3n) is 3.37. The van der Waals surface area contributed by atoms with E-state index in [4.69, 9.17) is 0 Å². The summed E-state index contributed by atoms with van der Waals surface area (Å²) in [7, 11) is -1.59. The lowest BCUT2D eigenvalue weighted by Crippen LogP contribution is -2.48. The second kappa shape index (κ2) is 5.94. The number of hydrogen-bond acceptors (Lipinski definition) is 4. The molecule has 1 aromatic rings. The molecule has 0 amide bonds. The van der Waals surface area contributed by atoms with Crippen LogP contribution in [0.2, 0.25) is 0 Å². The van der Waals surface area contributed by atoms with Crippen LogP contribution in [0.5, 0.6) is 0 Å². The van der Waals surface area contributed by atoms with Crippen LogP contribution in [-0.2, 0) is 16.8 Å². The minimum absolute atomic E-state index is 0.143. The summed E-state index contributed by atoms with van der Waals surface area (Å²) in [5, 5.41) is 0. The fourth-order valence-corrected chi connectivity index (χ4v) is 3.27. The summed E-state index contributed by atoms with van der Waals surface area (Å²) < 4.78 is 29.9. The van der Waals surface area contributed by atoms with Crippen molar-refractivity contribution in [2.24, 2.45) is 0 Å². The SMILES string of the molecule is CCn1cc(NS(=O)(=O)N2CCN(C)CC2)ccc1=O. The molecule has 1 aliphatic rings. The molecule has 7 nitrogen and oxygen atoms in total. The first-order valence-corrected chi connectivity index (χ1v) is 8.03. The lowest BCUT2D eigenvalue weighted by Gasteiger charge is -2.31. The molecule has 0 atom stereocenters. The van der Waals surface area contributed by atoms with Crippen molar-refractivity contribution in [3.05, 3.63) is 28.7 Å². The van der Waals surface area contributed by atoms with Crippen LogP contribution in [0.3, 0.4) is 0 Å². The molecule has 1 aliphatic heterocycles. The molecule has 1 N–H and O–H groups in total. The van der Waals surface area contributed by atoms with Gasteiger partial charge in [-0.1, -0.05) is 0 Å². The second-order valence-electron chi connectivity index (χ2n) is 4.85. The van der Waals surface area contributed by atoms with E-state index in [9.17, 15) is 13.2 Å². The second-order valence-corrected chi connectivity index (χ2v) is 6.52. The molecule has 1 fully saturated rings. The number of pyridine rings is 1. The van der Waals surface area contributed by atoms with E-state index in [-0.39, 0.29) is 5.56 Å². The summed E-state index contributed by atoms with van der Waals surface area (Å²) in [5.74, 6) is 0. The molecule has 0 aromatic carbocycles. The lowest BCUT2D eigenvalue weighted by atomic mass is 10.4. The molecule has 0 unspecified atom stereocenters. The van der Waals surface area contributed by atoms with Crippen molar-refractivity contribution in [3.8, 4) is 0 Å². The van der Waals surface area contributed by atoms with Gasteiger partial charge in [0, 0.05) is 45.0 Å². The number of piperazine rings is 1. The van der Waals surface area contributed by atoms with E-state index in [1.807, 2.05) is 14.0 Å². The maximum atomic E-state index is 12.3. The Morgan fingerprint density at radius 3 is 2.45 bits per heavy atom. The van der Waals surface area contributed by atoms with Gasteiger partial charge in [0.15, 0.2) is 0 Å². The van der Waals surface area contributed by atoms with E-state index in [0.717, 1.165) is 13.1 Å². The van der Waals surface area contributed by atoms with Gasteiger partial charge < -0.3 is 9.47 Å². The van der Waals surface area contributed by atoms with Gasteiger partial charge in [0.05, 0.1) is 5.69 Å². The summed E-state index contributed by atoms with van der Waals surface area (Å²) in [6, 6.07) is 2.85. The van der Waals surface area contributed by atoms with Crippen LogP contribution in [0.1, 0.15) is 6.92 Å². The molecule has 0 radical (unpaired) electrons. The van der Waals surface area contributed by atoms with Crippen LogP contribution in [0, 0.1) is 0 Å². The molecule has 1 saturated heterocycles. The van der Waals surface area contributed by atoms with Gasteiger partial charge in [0.1, 0.15) is 0 Å². The first kappa shape index (κ1) is 15.0. The summed E-state index contributed by atoms with van der Waals surface area (Å²) in [6.45, 7) is 4.71. The average molecular weight is 300 g/mol. The van der Waals surface area contributed by atoms with Crippen LogP contribution in [0.25, 0.3) is 0 Å². The van der Waals surface area contributed by atoms with Crippen molar-refractivity contribution >= 4 is 15.9 Å². The van der Waals surface area contributed by atoms with Gasteiger partial charge >= 0.3 is 10.2 Å². The highest BCUT2D eigenvalue weighted by Crippen LogP contribution is 2.11. The van der Waals surface area contributed by atoms with Crippen LogP contribution >= 0.6 is 0 Å². The summed E-state index contributed by atoms with van der Waals surface area (Å²) in [4.78, 5) is 13.6. The summed E-state index contributed by atoms with van der Waals surface area (Å²) in [6.07, 6.45) is 1.52. The molecular weight excluding hydrogens is 280 g/mol. The quantitative estimate of drug-likeness (QED) is 0.834. The molecule has 20 heavy (non-hydrogen) atoms. The minimum atomic E-state index is -3.56. The van der Waals surface area contributed by atoms with E-state index >= 15 is 0 Å². The lowest BCUT2D eigenvalue weighted by molar-refractivity contribution is 0.223. The molecular formula is C12H20N4O3S. The standard InChI is InChI=1S/C12H20N4O3S/c1-3-15-10-11(4-5-12(15)17)13-20(18,19)16-8-6-14(2)7-9-16/h4-5,10,13H,3,6-9H2,1-2H3. The summed E-state index contributed by atoms with van der Waals surface area (Å²) in [5.41, 5.74) is 0.264. The number of nitrogens with one attached hydrogen (secondary N) is 1. The van der Waals surface area contributed by atoms with Crippen molar-refractivity contribution in [3.63, 3.8) is 0 Å². The molecule has 2 rings (SSSR count). The Balaban J connectivity index is 2.14. The van der Waals surface area contributed by atoms with Crippen molar-refractivity contribution in [2.75, 3.05) is 37.9 Å². The van der Waals surface area contributed by atoms with Gasteiger partial charge in [-0.15, -0.1) is 0 Å². The van der Waals surface area contributed by atoms with Crippen molar-refractivity contribution < 1.29 is 8.42 Å². The van der Waals surface area contributed by atoms with E-state index in [0.29, 0.717) is 25.3 Å². The molecule has 2 heterocycles. The first-order valence-electron chi connectivity index (χ1n) is 6.59. The normalized spacial score (nSPS) is 18.1. The fraction of sp³-hybridized carbons (Fsp3) is 0.583. The monoisotopic (exact) mass is 300 g/mol. The maximum Gasteiger partial charge on any atom is 0.301 e. The number of aryl methyl sites for hydroxylation is 1. The number of aromatic nitrogens is 1. The molecule has 112 valence electrons.